The van der Waals surface area contributed by atoms with Gasteiger partial charge in [0.25, 0.3) is 0 Å². The second-order valence-corrected chi connectivity index (χ2v) is 6.93. The second kappa shape index (κ2) is 9.69. The number of carbonyl (C=O) groups excluding carboxylic acids is 1. The molecule has 0 aliphatic carbocycles. The molecule has 0 saturated carbocycles. The molecule has 12 heteroatoms. The van der Waals surface area contributed by atoms with Gasteiger partial charge in [-0.1, -0.05) is 0 Å². The van der Waals surface area contributed by atoms with E-state index in [4.69, 9.17) is 14.6 Å². The number of alkyl halides is 3. The Bertz CT molecular complexity index is 885. The van der Waals surface area contributed by atoms with E-state index in [-0.39, 0.29) is 24.0 Å². The average molecular weight is 439 g/mol. The molecular formula is C19H20F3N5O4. The number of carbonyl (C=O) groups is 2. The van der Waals surface area contributed by atoms with Gasteiger partial charge >= 0.3 is 12.1 Å². The van der Waals surface area contributed by atoms with E-state index in [0.717, 1.165) is 19.4 Å². The van der Waals surface area contributed by atoms with Gasteiger partial charge in [0, 0.05) is 31.7 Å². The van der Waals surface area contributed by atoms with Crippen LogP contribution >= 0.6 is 0 Å². The van der Waals surface area contributed by atoms with Gasteiger partial charge < -0.3 is 20.1 Å². The van der Waals surface area contributed by atoms with Gasteiger partial charge in [0.15, 0.2) is 0 Å². The minimum Gasteiger partial charge on any atom is -0.475 e. The van der Waals surface area contributed by atoms with Crippen LogP contribution in [0, 0.1) is 5.92 Å². The summed E-state index contributed by atoms with van der Waals surface area (Å²) in [6.45, 7) is 1.32. The van der Waals surface area contributed by atoms with Gasteiger partial charge in [0.1, 0.15) is 0 Å². The van der Waals surface area contributed by atoms with Gasteiger partial charge in [-0.3, -0.25) is 9.78 Å². The molecule has 0 aromatic carbocycles. The van der Waals surface area contributed by atoms with Crippen molar-refractivity contribution in [1.82, 2.24) is 15.0 Å². The van der Waals surface area contributed by atoms with Crippen molar-refractivity contribution < 1.29 is 32.6 Å². The number of rotatable bonds is 3. The summed E-state index contributed by atoms with van der Waals surface area (Å²) in [5.41, 5.74) is 0.708. The number of anilines is 2. The summed E-state index contributed by atoms with van der Waals surface area (Å²) in [6, 6.07) is 5.68. The number of nitrogens with one attached hydrogen (secondary N) is 1. The largest absolute Gasteiger partial charge is 0.490 e. The molecule has 0 radical (unpaired) electrons. The van der Waals surface area contributed by atoms with E-state index >= 15 is 0 Å². The molecule has 4 heterocycles. The summed E-state index contributed by atoms with van der Waals surface area (Å²) in [5.74, 6) is -2.28. The van der Waals surface area contributed by atoms with Crippen LogP contribution in [-0.2, 0) is 14.3 Å². The number of nitrogens with zero attached hydrogens (tertiary/aromatic N) is 4. The number of hydrogen-bond donors (Lipinski definition) is 2. The van der Waals surface area contributed by atoms with Crippen molar-refractivity contribution in [3.63, 3.8) is 0 Å². The van der Waals surface area contributed by atoms with E-state index in [1.54, 1.807) is 36.9 Å². The predicted octanol–water partition coefficient (Wildman–Crippen LogP) is 2.13. The van der Waals surface area contributed by atoms with Gasteiger partial charge in [-0.25, -0.2) is 14.8 Å². The van der Waals surface area contributed by atoms with Gasteiger partial charge in [-0.05, 0) is 31.0 Å². The number of ether oxygens (including phenoxy) is 1. The molecule has 9 nitrogen and oxygen atoms in total. The highest BCUT2D eigenvalue weighted by atomic mass is 19.4. The fraction of sp³-hybridized carbons (Fsp3) is 0.421. The van der Waals surface area contributed by atoms with Crippen molar-refractivity contribution in [2.75, 3.05) is 23.4 Å². The first-order chi connectivity index (χ1) is 14.8. The first-order valence-electron chi connectivity index (χ1n) is 9.42. The maximum Gasteiger partial charge on any atom is 0.490 e. The van der Waals surface area contributed by atoms with E-state index in [1.165, 1.54) is 0 Å². The number of aromatic nitrogens is 3. The Morgan fingerprint density at radius 3 is 2.52 bits per heavy atom. The van der Waals surface area contributed by atoms with E-state index in [1.807, 2.05) is 6.07 Å². The standard InChI is InChI=1S/C17H19N5O2.C2HF3O2/c23-16(21-13-3-1-5-18-10-13)12-9-15-14(4-8-24-15)22(11-12)17-19-6-2-7-20-17;3-2(4,5)1(6)7/h1-3,5-7,10,12,14-15H,4,8-9,11H2,(H,21,23);(H,6,7)/t12-,14-,15-;/m1./s1. The molecule has 2 N–H and O–H groups in total. The summed E-state index contributed by atoms with van der Waals surface area (Å²) < 4.78 is 37.6. The molecule has 0 unspecified atom stereocenters. The van der Waals surface area contributed by atoms with Crippen molar-refractivity contribution in [2.24, 2.45) is 5.92 Å². The fourth-order valence-corrected chi connectivity index (χ4v) is 3.49. The lowest BCUT2D eigenvalue weighted by Crippen LogP contribution is -2.52. The monoisotopic (exact) mass is 439 g/mol. The summed E-state index contributed by atoms with van der Waals surface area (Å²) in [7, 11) is 0. The van der Waals surface area contributed by atoms with Crippen LogP contribution in [0.25, 0.3) is 0 Å². The molecule has 2 aromatic heterocycles. The maximum atomic E-state index is 12.7. The lowest BCUT2D eigenvalue weighted by atomic mass is 9.89. The normalized spacial score (nSPS) is 22.7. The average Bonchev–Trinajstić information content (AvgIpc) is 3.23. The molecule has 3 atom stereocenters. The maximum absolute atomic E-state index is 12.7. The zero-order valence-electron chi connectivity index (χ0n) is 16.2. The van der Waals surface area contributed by atoms with Crippen molar-refractivity contribution in [2.45, 2.75) is 31.2 Å². The quantitative estimate of drug-likeness (QED) is 0.747. The van der Waals surface area contributed by atoms with E-state index in [9.17, 15) is 18.0 Å². The first-order valence-corrected chi connectivity index (χ1v) is 9.42. The molecule has 31 heavy (non-hydrogen) atoms. The third-order valence-corrected chi connectivity index (χ3v) is 4.86. The van der Waals surface area contributed by atoms with E-state index < -0.39 is 12.1 Å². The van der Waals surface area contributed by atoms with Crippen molar-refractivity contribution >= 4 is 23.5 Å². The molecular weight excluding hydrogens is 419 g/mol. The molecule has 4 rings (SSSR count). The number of aliphatic carboxylic acids is 1. The summed E-state index contributed by atoms with van der Waals surface area (Å²) in [4.78, 5) is 36.4. The molecule has 0 spiro atoms. The van der Waals surface area contributed by atoms with Crippen molar-refractivity contribution in [1.29, 1.82) is 0 Å². The molecule has 1 amide bonds. The Labute approximate surface area is 175 Å². The Kier molecular flexibility index (Phi) is 7.00. The van der Waals surface area contributed by atoms with Crippen LogP contribution in [0.1, 0.15) is 12.8 Å². The fourth-order valence-electron chi connectivity index (χ4n) is 3.49. The third kappa shape index (κ3) is 5.87. The minimum absolute atomic E-state index is 0.0159. The highest BCUT2D eigenvalue weighted by Gasteiger charge is 2.43. The second-order valence-electron chi connectivity index (χ2n) is 6.93. The number of fused-ring (bicyclic) bond motifs is 1. The van der Waals surface area contributed by atoms with Gasteiger partial charge in [-0.15, -0.1) is 0 Å². The zero-order valence-corrected chi connectivity index (χ0v) is 16.2. The third-order valence-electron chi connectivity index (χ3n) is 4.86. The number of piperidine rings is 1. The Morgan fingerprint density at radius 2 is 1.90 bits per heavy atom. The van der Waals surface area contributed by atoms with Crippen LogP contribution in [0.5, 0.6) is 0 Å². The number of amides is 1. The Morgan fingerprint density at radius 1 is 1.19 bits per heavy atom. The van der Waals surface area contributed by atoms with Crippen molar-refractivity contribution in [3.8, 4) is 0 Å². The summed E-state index contributed by atoms with van der Waals surface area (Å²) in [6.07, 6.45) is 3.42. The van der Waals surface area contributed by atoms with Gasteiger partial charge in [0.05, 0.1) is 29.9 Å². The highest BCUT2D eigenvalue weighted by Crippen LogP contribution is 2.33. The van der Waals surface area contributed by atoms with Crippen molar-refractivity contribution in [3.05, 3.63) is 43.0 Å². The van der Waals surface area contributed by atoms with Gasteiger partial charge in [-0.2, -0.15) is 13.2 Å². The van der Waals surface area contributed by atoms with Crippen LogP contribution in [0.4, 0.5) is 24.8 Å². The molecule has 2 aliphatic heterocycles. The zero-order chi connectivity index (χ0) is 22.4. The first kappa shape index (κ1) is 22.4. The number of halogens is 3. The van der Waals surface area contributed by atoms with Gasteiger partial charge in [0.2, 0.25) is 11.9 Å². The molecule has 2 fully saturated rings. The van der Waals surface area contributed by atoms with E-state index in [2.05, 4.69) is 25.2 Å². The molecule has 0 bridgehead atoms. The number of pyridine rings is 1. The number of carboxylic acids is 1. The lowest BCUT2D eigenvalue weighted by Gasteiger charge is -2.40. The van der Waals surface area contributed by atoms with E-state index in [0.29, 0.717) is 18.2 Å². The Hall–Kier alpha value is -3.28. The van der Waals surface area contributed by atoms with Crippen LogP contribution < -0.4 is 10.2 Å². The summed E-state index contributed by atoms with van der Waals surface area (Å²) in [5, 5.41) is 10.1. The summed E-state index contributed by atoms with van der Waals surface area (Å²) >= 11 is 0. The smallest absolute Gasteiger partial charge is 0.475 e. The van der Waals surface area contributed by atoms with Crippen LogP contribution in [0.3, 0.4) is 0 Å². The predicted molar refractivity (Wildman–Crippen MR) is 102 cm³/mol. The van der Waals surface area contributed by atoms with Crippen LogP contribution in [0.2, 0.25) is 0 Å². The number of carboxylic acid groups (broad SMARTS) is 1. The topological polar surface area (TPSA) is 118 Å². The van der Waals surface area contributed by atoms with Crippen LogP contribution in [-0.4, -0.2) is 63.4 Å². The molecule has 2 saturated heterocycles. The number of hydrogen-bond acceptors (Lipinski definition) is 7. The molecule has 2 aromatic rings. The Balaban J connectivity index is 0.000000339. The molecule has 2 aliphatic rings. The highest BCUT2D eigenvalue weighted by molar-refractivity contribution is 5.93. The molecule has 166 valence electrons. The lowest BCUT2D eigenvalue weighted by molar-refractivity contribution is -0.192. The SMILES string of the molecule is O=C(Nc1cccnc1)[C@@H]1C[C@H]2OCC[C@H]2N(c2ncccn2)C1.O=C(O)C(F)(F)F. The minimum atomic E-state index is -5.08. The van der Waals surface area contributed by atoms with Crippen LogP contribution in [0.15, 0.2) is 43.0 Å².